The molecule has 1 heterocycles. The number of rotatable bonds is 6. The van der Waals surface area contributed by atoms with Gasteiger partial charge < -0.3 is 0 Å². The molecule has 0 fully saturated rings. The molecule has 0 aliphatic rings. The van der Waals surface area contributed by atoms with E-state index in [2.05, 4.69) is 91.0 Å². The summed E-state index contributed by atoms with van der Waals surface area (Å²) in [5.41, 5.74) is 10.2. The van der Waals surface area contributed by atoms with Crippen molar-refractivity contribution in [2.75, 3.05) is 0 Å². The van der Waals surface area contributed by atoms with Gasteiger partial charge in [-0.25, -0.2) is 15.0 Å². The Bertz CT molecular complexity index is 2350. The molecule has 4 nitrogen and oxygen atoms in total. The maximum atomic E-state index is 9.19. The van der Waals surface area contributed by atoms with Crippen LogP contribution in [0.1, 0.15) is 5.56 Å². The van der Waals surface area contributed by atoms with Gasteiger partial charge in [-0.1, -0.05) is 158 Å². The third-order valence-electron chi connectivity index (χ3n) is 8.60. The van der Waals surface area contributed by atoms with E-state index in [4.69, 9.17) is 15.0 Å². The number of nitriles is 1. The van der Waals surface area contributed by atoms with E-state index in [1.54, 1.807) is 0 Å². The molecule has 0 unspecified atom stereocenters. The predicted octanol–water partition coefficient (Wildman–Crippen LogP) is 10.9. The summed E-state index contributed by atoms with van der Waals surface area (Å²) in [7, 11) is 0. The van der Waals surface area contributed by atoms with Crippen molar-refractivity contribution in [2.24, 2.45) is 0 Å². The standard InChI is InChI=1S/C44H28N4/c45-29-30-15-17-31(18-16-30)32-19-23-35(24-20-32)41-39-14-8-7-9-33(39)27-28-40(41)34-21-25-38(26-22-34)44-47-42(36-10-3-1-4-11-36)46-43(48-44)37-12-5-2-6-13-37/h1-28H. The van der Waals surface area contributed by atoms with Gasteiger partial charge in [-0.2, -0.15) is 5.26 Å². The maximum Gasteiger partial charge on any atom is 0.164 e. The fourth-order valence-corrected chi connectivity index (χ4v) is 6.13. The molecule has 0 atom stereocenters. The van der Waals surface area contributed by atoms with Crippen LogP contribution < -0.4 is 0 Å². The molecule has 7 aromatic carbocycles. The quantitative estimate of drug-likeness (QED) is 0.187. The van der Waals surface area contributed by atoms with E-state index < -0.39 is 0 Å². The van der Waals surface area contributed by atoms with Gasteiger partial charge in [-0.05, 0) is 56.3 Å². The van der Waals surface area contributed by atoms with E-state index >= 15 is 0 Å². The van der Waals surface area contributed by atoms with E-state index in [1.165, 1.54) is 16.3 Å². The molecule has 0 bridgehead atoms. The minimum absolute atomic E-state index is 0.631. The van der Waals surface area contributed by atoms with Gasteiger partial charge in [0.05, 0.1) is 11.6 Å². The molecule has 0 saturated carbocycles. The highest BCUT2D eigenvalue weighted by Gasteiger charge is 2.15. The van der Waals surface area contributed by atoms with Gasteiger partial charge in [-0.3, -0.25) is 0 Å². The van der Waals surface area contributed by atoms with E-state index in [9.17, 15) is 5.26 Å². The van der Waals surface area contributed by atoms with Crippen LogP contribution in [0.4, 0.5) is 0 Å². The minimum atomic E-state index is 0.631. The lowest BCUT2D eigenvalue weighted by Crippen LogP contribution is -2.00. The Hall–Kier alpha value is -6.70. The summed E-state index contributed by atoms with van der Waals surface area (Å²) in [6.07, 6.45) is 0. The van der Waals surface area contributed by atoms with Crippen LogP contribution >= 0.6 is 0 Å². The zero-order valence-corrected chi connectivity index (χ0v) is 26.0. The number of nitrogens with zero attached hydrogens (tertiary/aromatic N) is 4. The van der Waals surface area contributed by atoms with Crippen LogP contribution in [0.25, 0.3) is 78.3 Å². The van der Waals surface area contributed by atoms with Gasteiger partial charge in [-0.15, -0.1) is 0 Å². The lowest BCUT2D eigenvalue weighted by atomic mass is 9.89. The monoisotopic (exact) mass is 612 g/mol. The molecule has 8 rings (SSSR count). The molecule has 0 aliphatic carbocycles. The van der Waals surface area contributed by atoms with Crippen molar-refractivity contribution >= 4 is 10.8 Å². The number of hydrogen-bond donors (Lipinski definition) is 0. The molecule has 0 radical (unpaired) electrons. The van der Waals surface area contributed by atoms with Crippen molar-refractivity contribution in [3.8, 4) is 73.6 Å². The second-order valence-corrected chi connectivity index (χ2v) is 11.6. The van der Waals surface area contributed by atoms with Gasteiger partial charge in [0.2, 0.25) is 0 Å². The average Bonchev–Trinajstić information content (AvgIpc) is 3.18. The van der Waals surface area contributed by atoms with Crippen LogP contribution in [-0.4, -0.2) is 15.0 Å². The highest BCUT2D eigenvalue weighted by Crippen LogP contribution is 2.39. The molecule has 1 aromatic heterocycles. The second kappa shape index (κ2) is 12.6. The van der Waals surface area contributed by atoms with Crippen LogP contribution in [-0.2, 0) is 0 Å². The second-order valence-electron chi connectivity index (χ2n) is 11.6. The molecular weight excluding hydrogens is 585 g/mol. The van der Waals surface area contributed by atoms with Gasteiger partial charge in [0.15, 0.2) is 17.5 Å². The highest BCUT2D eigenvalue weighted by atomic mass is 15.0. The zero-order chi connectivity index (χ0) is 32.3. The molecule has 0 N–H and O–H groups in total. The van der Waals surface area contributed by atoms with Crippen LogP contribution in [0.15, 0.2) is 170 Å². The number of fused-ring (bicyclic) bond motifs is 1. The fourth-order valence-electron chi connectivity index (χ4n) is 6.13. The van der Waals surface area contributed by atoms with E-state index in [1.807, 2.05) is 84.9 Å². The van der Waals surface area contributed by atoms with Gasteiger partial charge in [0.1, 0.15) is 0 Å². The summed E-state index contributed by atoms with van der Waals surface area (Å²) >= 11 is 0. The topological polar surface area (TPSA) is 62.5 Å². The number of hydrogen-bond acceptors (Lipinski definition) is 4. The third-order valence-corrected chi connectivity index (χ3v) is 8.60. The first kappa shape index (κ1) is 28.8. The zero-order valence-electron chi connectivity index (χ0n) is 26.0. The van der Waals surface area contributed by atoms with Crippen LogP contribution in [0.5, 0.6) is 0 Å². The smallest absolute Gasteiger partial charge is 0.164 e. The van der Waals surface area contributed by atoms with Crippen molar-refractivity contribution in [1.82, 2.24) is 15.0 Å². The van der Waals surface area contributed by atoms with Crippen molar-refractivity contribution in [1.29, 1.82) is 5.26 Å². The van der Waals surface area contributed by atoms with Crippen molar-refractivity contribution < 1.29 is 0 Å². The molecule has 0 amide bonds. The number of benzene rings is 7. The van der Waals surface area contributed by atoms with E-state index in [-0.39, 0.29) is 0 Å². The van der Waals surface area contributed by atoms with Gasteiger partial charge in [0.25, 0.3) is 0 Å². The minimum Gasteiger partial charge on any atom is -0.208 e. The maximum absolute atomic E-state index is 9.19. The molecule has 0 aliphatic heterocycles. The van der Waals surface area contributed by atoms with Crippen LogP contribution in [0.2, 0.25) is 0 Å². The lowest BCUT2D eigenvalue weighted by Gasteiger charge is -2.15. The first-order valence-corrected chi connectivity index (χ1v) is 15.8. The summed E-state index contributed by atoms with van der Waals surface area (Å²) in [6, 6.07) is 60.1. The molecular formula is C44H28N4. The Morgan fingerprint density at radius 3 is 1.35 bits per heavy atom. The Balaban J connectivity index is 1.20. The largest absolute Gasteiger partial charge is 0.208 e. The normalized spacial score (nSPS) is 10.9. The Kier molecular flexibility index (Phi) is 7.54. The number of aromatic nitrogens is 3. The first-order valence-electron chi connectivity index (χ1n) is 15.8. The Labute approximate surface area is 279 Å². The Morgan fingerprint density at radius 1 is 0.354 bits per heavy atom. The summed E-state index contributed by atoms with van der Waals surface area (Å²) in [5.74, 6) is 1.92. The van der Waals surface area contributed by atoms with Gasteiger partial charge in [0, 0.05) is 16.7 Å². The molecule has 8 aromatic rings. The summed E-state index contributed by atoms with van der Waals surface area (Å²) in [6.45, 7) is 0. The summed E-state index contributed by atoms with van der Waals surface area (Å²) in [4.78, 5) is 14.7. The third kappa shape index (κ3) is 5.62. The van der Waals surface area contributed by atoms with Crippen molar-refractivity contribution in [3.05, 3.63) is 175 Å². The van der Waals surface area contributed by atoms with E-state index in [0.717, 1.165) is 44.5 Å². The molecule has 0 spiro atoms. The molecule has 0 saturated heterocycles. The molecule has 48 heavy (non-hydrogen) atoms. The van der Waals surface area contributed by atoms with Crippen molar-refractivity contribution in [2.45, 2.75) is 0 Å². The van der Waals surface area contributed by atoms with Crippen LogP contribution in [0, 0.1) is 11.3 Å². The lowest BCUT2D eigenvalue weighted by molar-refractivity contribution is 1.07. The molecule has 224 valence electrons. The van der Waals surface area contributed by atoms with Gasteiger partial charge >= 0.3 is 0 Å². The summed E-state index contributed by atoms with van der Waals surface area (Å²) in [5, 5.41) is 11.6. The van der Waals surface area contributed by atoms with E-state index in [0.29, 0.717) is 23.0 Å². The highest BCUT2D eigenvalue weighted by molar-refractivity contribution is 6.04. The van der Waals surface area contributed by atoms with Crippen molar-refractivity contribution in [3.63, 3.8) is 0 Å². The first-order chi connectivity index (χ1) is 23.7. The predicted molar refractivity (Wildman–Crippen MR) is 195 cm³/mol. The summed E-state index contributed by atoms with van der Waals surface area (Å²) < 4.78 is 0. The SMILES string of the molecule is N#Cc1ccc(-c2ccc(-c3c(-c4ccc(-c5nc(-c6ccccc6)nc(-c6ccccc6)n5)cc4)ccc4ccccc34)cc2)cc1. The fraction of sp³-hybridized carbons (Fsp3) is 0. The average molecular weight is 613 g/mol. The Morgan fingerprint density at radius 2 is 0.792 bits per heavy atom. The molecule has 4 heteroatoms. The van der Waals surface area contributed by atoms with Crippen LogP contribution in [0.3, 0.4) is 0 Å².